The van der Waals surface area contributed by atoms with Crippen LogP contribution < -0.4 is 16.0 Å². The highest BCUT2D eigenvalue weighted by molar-refractivity contribution is 5.84. The van der Waals surface area contributed by atoms with Crippen LogP contribution in [0.15, 0.2) is 29.3 Å². The molecule has 0 fully saturated rings. The highest BCUT2D eigenvalue weighted by Gasteiger charge is 2.05. The van der Waals surface area contributed by atoms with Gasteiger partial charge in [-0.15, -0.1) is 0 Å². The Morgan fingerprint density at radius 2 is 1.88 bits per heavy atom. The van der Waals surface area contributed by atoms with E-state index in [0.717, 1.165) is 5.69 Å². The van der Waals surface area contributed by atoms with Crippen LogP contribution in [0, 0.1) is 10.1 Å². The van der Waals surface area contributed by atoms with Crippen LogP contribution in [0.25, 0.3) is 0 Å². The highest BCUT2D eigenvalue weighted by atomic mass is 16.6. The summed E-state index contributed by atoms with van der Waals surface area (Å²) in [4.78, 5) is 27.4. The quantitative estimate of drug-likeness (QED) is 0.211. The lowest BCUT2D eigenvalue weighted by atomic mass is 10.3. The fraction of sp³-hybridized carbons (Fsp3) is 0.467. The molecule has 9 nitrogen and oxygen atoms in total. The first-order valence-corrected chi connectivity index (χ1v) is 7.64. The molecular formula is C15H24N6O3. The Morgan fingerprint density at radius 1 is 1.21 bits per heavy atom. The van der Waals surface area contributed by atoms with Crippen molar-refractivity contribution in [1.29, 1.82) is 0 Å². The molecule has 1 rings (SSSR count). The number of rotatable bonds is 8. The zero-order valence-corrected chi connectivity index (χ0v) is 14.2. The normalized spacial score (nSPS) is 10.9. The summed E-state index contributed by atoms with van der Waals surface area (Å²) in [6, 6.07) is 6.22. The lowest BCUT2D eigenvalue weighted by Gasteiger charge is -2.13. The molecule has 0 atom stereocenters. The minimum absolute atomic E-state index is 0.0609. The largest absolute Gasteiger partial charge is 0.383 e. The predicted octanol–water partition coefficient (Wildman–Crippen LogP) is 0.650. The standard InChI is InChI=1S/C15H24N6O3/c1-4-16-15(19-11-14(22)20(2)3)18-10-9-17-12-5-7-13(8-6-12)21(23)24/h5-8,17H,4,9-11H2,1-3H3,(H2,16,18,19). The van der Waals surface area contributed by atoms with Gasteiger partial charge in [0.2, 0.25) is 5.91 Å². The summed E-state index contributed by atoms with van der Waals surface area (Å²) in [6.45, 7) is 3.90. The molecule has 0 aliphatic heterocycles. The van der Waals surface area contributed by atoms with Crippen molar-refractivity contribution in [2.75, 3.05) is 45.6 Å². The number of likely N-dealkylation sites (N-methyl/N-ethyl adjacent to an activating group) is 1. The molecule has 1 amide bonds. The summed E-state index contributed by atoms with van der Waals surface area (Å²) in [7, 11) is 3.37. The molecular weight excluding hydrogens is 312 g/mol. The van der Waals surface area contributed by atoms with Crippen LogP contribution in [0.4, 0.5) is 11.4 Å². The monoisotopic (exact) mass is 336 g/mol. The van der Waals surface area contributed by atoms with Crippen LogP contribution in [0.2, 0.25) is 0 Å². The van der Waals surface area contributed by atoms with E-state index in [9.17, 15) is 14.9 Å². The topological polar surface area (TPSA) is 112 Å². The Hall–Kier alpha value is -2.84. The van der Waals surface area contributed by atoms with Crippen molar-refractivity contribution in [2.24, 2.45) is 4.99 Å². The number of non-ortho nitro benzene ring substituents is 1. The molecule has 0 bridgehead atoms. The lowest BCUT2D eigenvalue weighted by Crippen LogP contribution is -2.40. The van der Waals surface area contributed by atoms with Gasteiger partial charge in [-0.25, -0.2) is 4.99 Å². The molecule has 3 N–H and O–H groups in total. The van der Waals surface area contributed by atoms with Crippen molar-refractivity contribution >= 4 is 23.2 Å². The Kier molecular flexibility index (Phi) is 8.03. The second-order valence-electron chi connectivity index (χ2n) is 5.14. The number of nitrogens with one attached hydrogen (secondary N) is 3. The van der Waals surface area contributed by atoms with Gasteiger partial charge in [-0.1, -0.05) is 0 Å². The van der Waals surface area contributed by atoms with Gasteiger partial charge in [-0.3, -0.25) is 14.9 Å². The number of nitrogens with zero attached hydrogens (tertiary/aromatic N) is 3. The predicted molar refractivity (Wildman–Crippen MR) is 94.3 cm³/mol. The molecule has 0 aromatic heterocycles. The number of benzene rings is 1. The molecule has 24 heavy (non-hydrogen) atoms. The van der Waals surface area contributed by atoms with E-state index in [0.29, 0.717) is 25.6 Å². The SMILES string of the molecule is CCNC(=NCC(=O)N(C)C)NCCNc1ccc([N+](=O)[O-])cc1. The van der Waals surface area contributed by atoms with Crippen molar-refractivity contribution in [1.82, 2.24) is 15.5 Å². The number of carbonyl (C=O) groups excluding carboxylic acids is 1. The van der Waals surface area contributed by atoms with Crippen molar-refractivity contribution < 1.29 is 9.72 Å². The Labute approximate surface area is 141 Å². The first kappa shape index (κ1) is 19.2. The summed E-state index contributed by atoms with van der Waals surface area (Å²) in [5.41, 5.74) is 0.859. The fourth-order valence-electron chi connectivity index (χ4n) is 1.72. The van der Waals surface area contributed by atoms with Gasteiger partial charge >= 0.3 is 0 Å². The molecule has 0 aliphatic rings. The number of carbonyl (C=O) groups is 1. The van der Waals surface area contributed by atoms with E-state index in [1.807, 2.05) is 6.92 Å². The average molecular weight is 336 g/mol. The van der Waals surface area contributed by atoms with Gasteiger partial charge in [0.1, 0.15) is 6.54 Å². The Bertz CT molecular complexity index is 571. The molecule has 0 unspecified atom stereocenters. The maximum atomic E-state index is 11.5. The van der Waals surface area contributed by atoms with Gasteiger partial charge in [0.15, 0.2) is 5.96 Å². The number of guanidine groups is 1. The zero-order chi connectivity index (χ0) is 17.9. The van der Waals surface area contributed by atoms with Crippen LogP contribution in [0.1, 0.15) is 6.92 Å². The molecule has 1 aromatic rings. The summed E-state index contributed by atoms with van der Waals surface area (Å²) < 4.78 is 0. The number of amides is 1. The second-order valence-corrected chi connectivity index (χ2v) is 5.14. The second kappa shape index (κ2) is 10.0. The molecule has 0 saturated carbocycles. The molecule has 0 spiro atoms. The smallest absolute Gasteiger partial charge is 0.269 e. The first-order valence-electron chi connectivity index (χ1n) is 7.64. The highest BCUT2D eigenvalue weighted by Crippen LogP contribution is 2.14. The molecule has 0 heterocycles. The number of anilines is 1. The van der Waals surface area contributed by atoms with Crippen LogP contribution in [-0.4, -0.2) is 62.0 Å². The molecule has 9 heteroatoms. The molecule has 0 aliphatic carbocycles. The number of hydrogen-bond donors (Lipinski definition) is 3. The minimum Gasteiger partial charge on any atom is -0.383 e. The molecule has 132 valence electrons. The zero-order valence-electron chi connectivity index (χ0n) is 14.2. The summed E-state index contributed by atoms with van der Waals surface area (Å²) in [5.74, 6) is 0.495. The van der Waals surface area contributed by atoms with Crippen molar-refractivity contribution in [3.8, 4) is 0 Å². The van der Waals surface area contributed by atoms with Gasteiger partial charge < -0.3 is 20.9 Å². The van der Waals surface area contributed by atoms with Crippen LogP contribution >= 0.6 is 0 Å². The van der Waals surface area contributed by atoms with Gasteiger partial charge in [0.05, 0.1) is 4.92 Å². The van der Waals surface area contributed by atoms with E-state index >= 15 is 0 Å². The fourth-order valence-corrected chi connectivity index (χ4v) is 1.72. The Morgan fingerprint density at radius 3 is 2.42 bits per heavy atom. The molecule has 1 aromatic carbocycles. The Balaban J connectivity index is 2.40. The van der Waals surface area contributed by atoms with E-state index in [-0.39, 0.29) is 18.1 Å². The van der Waals surface area contributed by atoms with E-state index in [2.05, 4.69) is 20.9 Å². The van der Waals surface area contributed by atoms with Gasteiger partial charge in [-0.2, -0.15) is 0 Å². The summed E-state index contributed by atoms with van der Waals surface area (Å²) in [6.07, 6.45) is 0. The maximum absolute atomic E-state index is 11.5. The first-order chi connectivity index (χ1) is 11.4. The number of nitro benzene ring substituents is 1. The van der Waals surface area contributed by atoms with Gasteiger partial charge in [-0.05, 0) is 19.1 Å². The number of aliphatic imine (C=N–C) groups is 1. The number of hydrogen-bond acceptors (Lipinski definition) is 5. The van der Waals surface area contributed by atoms with E-state index < -0.39 is 4.92 Å². The van der Waals surface area contributed by atoms with E-state index in [1.165, 1.54) is 17.0 Å². The van der Waals surface area contributed by atoms with Crippen LogP contribution in [0.5, 0.6) is 0 Å². The van der Waals surface area contributed by atoms with Crippen molar-refractivity contribution in [2.45, 2.75) is 6.92 Å². The molecule has 0 saturated heterocycles. The lowest BCUT2D eigenvalue weighted by molar-refractivity contribution is -0.384. The third-order valence-electron chi connectivity index (χ3n) is 3.04. The third kappa shape index (κ3) is 6.95. The van der Waals surface area contributed by atoms with Gasteiger partial charge in [0.25, 0.3) is 5.69 Å². The summed E-state index contributed by atoms with van der Waals surface area (Å²) >= 11 is 0. The summed E-state index contributed by atoms with van der Waals surface area (Å²) in [5, 5.41) is 19.9. The van der Waals surface area contributed by atoms with E-state index in [1.54, 1.807) is 26.2 Å². The van der Waals surface area contributed by atoms with E-state index in [4.69, 9.17) is 0 Å². The van der Waals surface area contributed by atoms with Crippen molar-refractivity contribution in [3.05, 3.63) is 34.4 Å². The van der Waals surface area contributed by atoms with Crippen LogP contribution in [0.3, 0.4) is 0 Å². The number of nitro groups is 1. The maximum Gasteiger partial charge on any atom is 0.269 e. The van der Waals surface area contributed by atoms with Gasteiger partial charge in [0, 0.05) is 51.5 Å². The average Bonchev–Trinajstić information content (AvgIpc) is 2.56. The van der Waals surface area contributed by atoms with Crippen molar-refractivity contribution in [3.63, 3.8) is 0 Å². The van der Waals surface area contributed by atoms with Crippen LogP contribution in [-0.2, 0) is 4.79 Å². The minimum atomic E-state index is -0.431. The molecule has 0 radical (unpaired) electrons. The third-order valence-corrected chi connectivity index (χ3v) is 3.04.